The summed E-state index contributed by atoms with van der Waals surface area (Å²) in [5, 5.41) is 6.31. The van der Waals surface area contributed by atoms with Crippen LogP contribution in [-0.4, -0.2) is 63.3 Å². The Kier molecular flexibility index (Phi) is 14.1. The summed E-state index contributed by atoms with van der Waals surface area (Å²) in [4.78, 5) is 14.9. The first-order chi connectivity index (χ1) is 11.8. The van der Waals surface area contributed by atoms with Crippen LogP contribution in [0.3, 0.4) is 0 Å². The molecule has 0 bridgehead atoms. The maximum Gasteiger partial charge on any atom is 0.225 e. The van der Waals surface area contributed by atoms with Crippen LogP contribution in [0.2, 0.25) is 0 Å². The molecular formula is C20H43N3O2. The van der Waals surface area contributed by atoms with E-state index >= 15 is 0 Å². The summed E-state index contributed by atoms with van der Waals surface area (Å²) in [6.07, 6.45) is 5.63. The largest absolute Gasteiger partial charge is 0.379 e. The number of nitrogens with zero attached hydrogens (tertiary/aromatic N) is 1. The third-order valence-electron chi connectivity index (χ3n) is 4.46. The Balaban J connectivity index is 4.04. The lowest BCUT2D eigenvalue weighted by Gasteiger charge is -2.25. The molecule has 150 valence electrons. The van der Waals surface area contributed by atoms with Crippen LogP contribution < -0.4 is 10.6 Å². The Morgan fingerprint density at radius 3 is 2.24 bits per heavy atom. The van der Waals surface area contributed by atoms with E-state index in [2.05, 4.69) is 22.5 Å². The van der Waals surface area contributed by atoms with Gasteiger partial charge in [-0.25, -0.2) is 0 Å². The average molecular weight is 358 g/mol. The molecule has 0 rings (SSSR count). The number of carbonyl (C=O) groups excluding carboxylic acids is 1. The first-order valence-corrected chi connectivity index (χ1v) is 10.1. The molecule has 0 spiro atoms. The summed E-state index contributed by atoms with van der Waals surface area (Å²) >= 11 is 0. The zero-order valence-electron chi connectivity index (χ0n) is 17.6. The highest BCUT2D eigenvalue weighted by molar-refractivity contribution is 5.81. The van der Waals surface area contributed by atoms with E-state index < -0.39 is 0 Å². The highest BCUT2D eigenvalue weighted by Crippen LogP contribution is 2.20. The van der Waals surface area contributed by atoms with Gasteiger partial charge >= 0.3 is 0 Å². The SMILES string of the molecule is CCCCN(CCCNC)CCCNC(=O)C(C)(C)CCOC(C)C. The summed E-state index contributed by atoms with van der Waals surface area (Å²) < 4.78 is 5.58. The van der Waals surface area contributed by atoms with E-state index in [1.807, 2.05) is 34.7 Å². The van der Waals surface area contributed by atoms with Gasteiger partial charge in [-0.15, -0.1) is 0 Å². The van der Waals surface area contributed by atoms with Gasteiger partial charge in [0.1, 0.15) is 0 Å². The molecule has 0 radical (unpaired) electrons. The standard InChI is InChI=1S/C20H43N3O2/c1-7-8-14-23(15-9-12-21-6)16-10-13-22-19(24)20(4,5)11-17-25-18(2)3/h18,21H,7-17H2,1-6H3,(H,22,24). The third kappa shape index (κ3) is 13.2. The number of rotatable bonds is 16. The second kappa shape index (κ2) is 14.5. The van der Waals surface area contributed by atoms with Crippen molar-refractivity contribution in [1.29, 1.82) is 0 Å². The Morgan fingerprint density at radius 1 is 1.08 bits per heavy atom. The first kappa shape index (κ1) is 24.4. The van der Waals surface area contributed by atoms with E-state index in [0.29, 0.717) is 6.61 Å². The van der Waals surface area contributed by atoms with Crippen molar-refractivity contribution in [3.63, 3.8) is 0 Å². The Labute approximate surface area is 156 Å². The summed E-state index contributed by atoms with van der Waals surface area (Å²) in [5.41, 5.74) is -0.371. The average Bonchev–Trinajstić information content (AvgIpc) is 2.55. The molecule has 0 unspecified atom stereocenters. The smallest absolute Gasteiger partial charge is 0.225 e. The molecule has 0 saturated heterocycles. The lowest BCUT2D eigenvalue weighted by molar-refractivity contribution is -0.130. The molecule has 0 saturated carbocycles. The van der Waals surface area contributed by atoms with Crippen LogP contribution in [-0.2, 0) is 9.53 Å². The lowest BCUT2D eigenvalue weighted by atomic mass is 9.88. The van der Waals surface area contributed by atoms with Crippen molar-refractivity contribution < 1.29 is 9.53 Å². The van der Waals surface area contributed by atoms with Crippen LogP contribution in [0.1, 0.15) is 66.7 Å². The molecule has 0 aliphatic rings. The lowest BCUT2D eigenvalue weighted by Crippen LogP contribution is -2.39. The zero-order valence-corrected chi connectivity index (χ0v) is 17.6. The van der Waals surface area contributed by atoms with Crippen molar-refractivity contribution in [1.82, 2.24) is 15.5 Å². The Hall–Kier alpha value is -0.650. The number of amides is 1. The summed E-state index contributed by atoms with van der Waals surface area (Å²) in [7, 11) is 2.00. The quantitative estimate of drug-likeness (QED) is 0.417. The number of carbonyl (C=O) groups is 1. The minimum absolute atomic E-state index is 0.134. The third-order valence-corrected chi connectivity index (χ3v) is 4.46. The Bertz CT molecular complexity index is 333. The second-order valence-corrected chi connectivity index (χ2v) is 7.82. The molecule has 0 atom stereocenters. The van der Waals surface area contributed by atoms with Crippen LogP contribution in [0.15, 0.2) is 0 Å². The maximum absolute atomic E-state index is 12.4. The summed E-state index contributed by atoms with van der Waals surface area (Å²) in [6.45, 7) is 16.1. The van der Waals surface area contributed by atoms with Gasteiger partial charge in [0.05, 0.1) is 6.10 Å². The predicted molar refractivity (Wildman–Crippen MR) is 107 cm³/mol. The van der Waals surface area contributed by atoms with E-state index in [0.717, 1.165) is 45.6 Å². The van der Waals surface area contributed by atoms with E-state index in [4.69, 9.17) is 4.74 Å². The van der Waals surface area contributed by atoms with Crippen LogP contribution in [0.25, 0.3) is 0 Å². The normalized spacial score (nSPS) is 12.2. The zero-order chi connectivity index (χ0) is 19.1. The van der Waals surface area contributed by atoms with Gasteiger partial charge in [0.15, 0.2) is 0 Å². The fraction of sp³-hybridized carbons (Fsp3) is 0.950. The molecule has 0 aromatic carbocycles. The fourth-order valence-corrected chi connectivity index (χ4v) is 2.60. The van der Waals surface area contributed by atoms with Crippen molar-refractivity contribution in [2.75, 3.05) is 46.4 Å². The number of hydrogen-bond acceptors (Lipinski definition) is 4. The maximum atomic E-state index is 12.4. The molecule has 0 aromatic rings. The molecule has 25 heavy (non-hydrogen) atoms. The summed E-state index contributed by atoms with van der Waals surface area (Å²) in [5.74, 6) is 0.134. The van der Waals surface area contributed by atoms with Gasteiger partial charge in [-0.2, -0.15) is 0 Å². The number of ether oxygens (including phenoxy) is 1. The van der Waals surface area contributed by atoms with Crippen molar-refractivity contribution in [2.45, 2.75) is 72.8 Å². The molecule has 0 aliphatic carbocycles. The van der Waals surface area contributed by atoms with Crippen LogP contribution in [0, 0.1) is 5.41 Å². The van der Waals surface area contributed by atoms with Gasteiger partial charge < -0.3 is 20.3 Å². The van der Waals surface area contributed by atoms with Gasteiger partial charge in [0.25, 0.3) is 0 Å². The van der Waals surface area contributed by atoms with Crippen molar-refractivity contribution in [3.8, 4) is 0 Å². The first-order valence-electron chi connectivity index (χ1n) is 10.1. The van der Waals surface area contributed by atoms with Gasteiger partial charge in [-0.05, 0) is 72.8 Å². The minimum atomic E-state index is -0.371. The van der Waals surface area contributed by atoms with Crippen molar-refractivity contribution in [3.05, 3.63) is 0 Å². The Morgan fingerprint density at radius 2 is 1.68 bits per heavy atom. The van der Waals surface area contributed by atoms with Gasteiger partial charge in [0, 0.05) is 18.6 Å². The van der Waals surface area contributed by atoms with E-state index in [-0.39, 0.29) is 17.4 Å². The van der Waals surface area contributed by atoms with Gasteiger partial charge in [0.2, 0.25) is 5.91 Å². The molecule has 5 nitrogen and oxygen atoms in total. The fourth-order valence-electron chi connectivity index (χ4n) is 2.60. The second-order valence-electron chi connectivity index (χ2n) is 7.82. The topological polar surface area (TPSA) is 53.6 Å². The molecule has 2 N–H and O–H groups in total. The molecule has 1 amide bonds. The van der Waals surface area contributed by atoms with Crippen molar-refractivity contribution in [2.24, 2.45) is 5.41 Å². The highest BCUT2D eigenvalue weighted by Gasteiger charge is 2.26. The number of nitrogens with one attached hydrogen (secondary N) is 2. The van der Waals surface area contributed by atoms with Gasteiger partial charge in [-0.3, -0.25) is 4.79 Å². The van der Waals surface area contributed by atoms with Crippen LogP contribution >= 0.6 is 0 Å². The van der Waals surface area contributed by atoms with Crippen LogP contribution in [0.4, 0.5) is 0 Å². The molecule has 5 heteroatoms. The van der Waals surface area contributed by atoms with E-state index in [1.54, 1.807) is 0 Å². The van der Waals surface area contributed by atoms with Crippen molar-refractivity contribution >= 4 is 5.91 Å². The van der Waals surface area contributed by atoms with Crippen LogP contribution in [0.5, 0.6) is 0 Å². The minimum Gasteiger partial charge on any atom is -0.379 e. The molecular weight excluding hydrogens is 314 g/mol. The van der Waals surface area contributed by atoms with E-state index in [9.17, 15) is 4.79 Å². The van der Waals surface area contributed by atoms with E-state index in [1.165, 1.54) is 19.3 Å². The number of unbranched alkanes of at least 4 members (excludes halogenated alkanes) is 1. The highest BCUT2D eigenvalue weighted by atomic mass is 16.5. The molecule has 0 heterocycles. The predicted octanol–water partition coefficient (Wildman–Crippen LogP) is 3.05. The molecule has 0 aliphatic heterocycles. The number of hydrogen-bond donors (Lipinski definition) is 2. The van der Waals surface area contributed by atoms with Gasteiger partial charge in [-0.1, -0.05) is 27.2 Å². The molecule has 0 fully saturated rings. The summed E-state index contributed by atoms with van der Waals surface area (Å²) in [6, 6.07) is 0. The molecule has 0 aromatic heterocycles. The monoisotopic (exact) mass is 357 g/mol.